The van der Waals surface area contributed by atoms with Gasteiger partial charge >= 0.3 is 5.97 Å². The molecule has 0 amide bonds. The summed E-state index contributed by atoms with van der Waals surface area (Å²) in [6, 6.07) is 0. The Hall–Kier alpha value is -0.900. The maximum absolute atomic E-state index is 13.6. The summed E-state index contributed by atoms with van der Waals surface area (Å²) in [5.41, 5.74) is 0.0466. The van der Waals surface area contributed by atoms with Crippen LogP contribution in [0, 0.1) is 62.1 Å². The second-order valence-corrected chi connectivity index (χ2v) is 16.1. The van der Waals surface area contributed by atoms with Crippen LogP contribution in [-0.2, 0) is 14.3 Å². The maximum atomic E-state index is 13.6. The van der Waals surface area contributed by atoms with Gasteiger partial charge in [-0.05, 0) is 135 Å². The van der Waals surface area contributed by atoms with Crippen molar-refractivity contribution in [1.82, 2.24) is 0 Å². The number of carbonyl (C=O) groups is 2. The van der Waals surface area contributed by atoms with Gasteiger partial charge in [-0.1, -0.05) is 34.6 Å². The molecule has 0 aromatic carbocycles. The first kappa shape index (κ1) is 26.3. The van der Waals surface area contributed by atoms with Crippen molar-refractivity contribution in [3.8, 4) is 0 Å². The lowest BCUT2D eigenvalue weighted by Crippen LogP contribution is -2.67. The lowest BCUT2D eigenvalue weighted by Gasteiger charge is -2.72. The fourth-order valence-electron chi connectivity index (χ4n) is 12.9. The van der Waals surface area contributed by atoms with Gasteiger partial charge in [0, 0.05) is 5.41 Å². The van der Waals surface area contributed by atoms with Gasteiger partial charge in [0.05, 0.1) is 18.6 Å². The van der Waals surface area contributed by atoms with Crippen molar-refractivity contribution in [3.63, 3.8) is 0 Å². The van der Waals surface area contributed by atoms with Crippen molar-refractivity contribution in [2.45, 2.75) is 125 Å². The molecule has 0 saturated heterocycles. The Balaban J connectivity index is 1.42. The van der Waals surface area contributed by atoms with Crippen molar-refractivity contribution in [3.05, 3.63) is 0 Å². The van der Waals surface area contributed by atoms with Crippen molar-refractivity contribution in [1.29, 1.82) is 0 Å². The minimum absolute atomic E-state index is 0.00682. The molecule has 0 aromatic heterocycles. The Morgan fingerprint density at radius 1 is 0.703 bits per heavy atom. The van der Waals surface area contributed by atoms with Crippen molar-refractivity contribution >= 4 is 11.8 Å². The number of ketones is 1. The van der Waals surface area contributed by atoms with Crippen LogP contribution in [0.1, 0.15) is 119 Å². The number of hydrogen-bond acceptors (Lipinski definition) is 4. The fourth-order valence-corrected chi connectivity index (χ4v) is 12.9. The number of rotatable bonds is 3. The van der Waals surface area contributed by atoms with E-state index in [4.69, 9.17) is 4.74 Å². The summed E-state index contributed by atoms with van der Waals surface area (Å²) in [7, 11) is 1.58. The highest BCUT2D eigenvalue weighted by Gasteiger charge is 2.74. The summed E-state index contributed by atoms with van der Waals surface area (Å²) in [6.07, 6.45) is 12.7. The van der Waals surface area contributed by atoms with Crippen molar-refractivity contribution in [2.24, 2.45) is 62.1 Å². The molecule has 0 heterocycles. The van der Waals surface area contributed by atoms with Crippen LogP contribution >= 0.6 is 0 Å². The van der Waals surface area contributed by atoms with Crippen LogP contribution < -0.4 is 0 Å². The van der Waals surface area contributed by atoms with E-state index in [1.807, 2.05) is 6.92 Å². The largest absolute Gasteiger partial charge is 0.469 e. The standard InChI is InChI=1S/C33H52O4/c1-20(34)32(18-19-32)22-10-15-33(27(36)37-7)17-16-30(5)21(26(22)33)8-9-24-29(4)13-12-25(35)28(2,3)23(29)11-14-31(24,30)6/h21-26,35H,8-19H2,1-7H3/t21-,22-,23+,24-,25+,26+,29+,30-,31-,33+/m1/s1. The molecule has 0 aliphatic heterocycles. The average molecular weight is 513 g/mol. The molecule has 37 heavy (non-hydrogen) atoms. The minimum Gasteiger partial charge on any atom is -0.469 e. The third-order valence-electron chi connectivity index (χ3n) is 15.2. The number of fused-ring (bicyclic) bond motifs is 7. The van der Waals surface area contributed by atoms with E-state index in [9.17, 15) is 14.7 Å². The molecule has 208 valence electrons. The minimum atomic E-state index is -0.393. The predicted octanol–water partition coefficient (Wildman–Crippen LogP) is 6.97. The van der Waals surface area contributed by atoms with E-state index >= 15 is 0 Å². The number of methoxy groups -OCH3 is 1. The second kappa shape index (κ2) is 7.85. The van der Waals surface area contributed by atoms with Crippen molar-refractivity contribution in [2.75, 3.05) is 7.11 Å². The molecule has 0 radical (unpaired) electrons. The smallest absolute Gasteiger partial charge is 0.312 e. The van der Waals surface area contributed by atoms with Gasteiger partial charge in [0.2, 0.25) is 0 Å². The van der Waals surface area contributed by atoms with E-state index in [0.717, 1.165) is 51.4 Å². The number of hydrogen-bond donors (Lipinski definition) is 1. The molecule has 1 N–H and O–H groups in total. The SMILES string of the molecule is COC(=O)[C@]12CC[C@@H](C3(C(C)=O)CC3)[C@@H]1[C@H]1CC[C@@H]3[C@@]4(C)CC[C@H](O)C(C)(C)[C@@H]4CC[C@@]3(C)[C@]1(C)CC2. The maximum Gasteiger partial charge on any atom is 0.312 e. The average Bonchev–Trinajstić information content (AvgIpc) is 3.56. The van der Waals surface area contributed by atoms with E-state index in [1.54, 1.807) is 7.11 Å². The lowest BCUT2D eigenvalue weighted by molar-refractivity contribution is -0.250. The van der Waals surface area contributed by atoms with E-state index in [1.165, 1.54) is 25.7 Å². The quantitative estimate of drug-likeness (QED) is 0.415. The summed E-state index contributed by atoms with van der Waals surface area (Å²) in [5, 5.41) is 11.0. The summed E-state index contributed by atoms with van der Waals surface area (Å²) < 4.78 is 5.55. The van der Waals surface area contributed by atoms with Gasteiger partial charge < -0.3 is 9.84 Å². The number of aliphatic hydroxyl groups is 1. The van der Waals surface area contributed by atoms with Gasteiger partial charge in [0.15, 0.2) is 0 Å². The molecule has 6 saturated carbocycles. The van der Waals surface area contributed by atoms with Crippen LogP contribution in [-0.4, -0.2) is 30.1 Å². The van der Waals surface area contributed by atoms with Crippen LogP contribution in [0.15, 0.2) is 0 Å². The van der Waals surface area contributed by atoms with Crippen molar-refractivity contribution < 1.29 is 19.4 Å². The van der Waals surface area contributed by atoms with Gasteiger partial charge in [-0.3, -0.25) is 9.59 Å². The number of ether oxygens (including phenoxy) is 1. The van der Waals surface area contributed by atoms with E-state index < -0.39 is 5.41 Å². The first-order valence-electron chi connectivity index (χ1n) is 15.5. The third-order valence-corrected chi connectivity index (χ3v) is 15.2. The first-order chi connectivity index (χ1) is 17.2. The molecule has 10 atom stereocenters. The zero-order valence-corrected chi connectivity index (χ0v) is 24.6. The van der Waals surface area contributed by atoms with Gasteiger partial charge in [0.1, 0.15) is 5.78 Å². The highest BCUT2D eigenvalue weighted by Crippen LogP contribution is 2.79. The highest BCUT2D eigenvalue weighted by atomic mass is 16.5. The van der Waals surface area contributed by atoms with Crippen LogP contribution in [0.5, 0.6) is 0 Å². The zero-order valence-electron chi connectivity index (χ0n) is 24.6. The monoisotopic (exact) mass is 512 g/mol. The van der Waals surface area contributed by atoms with Crippen LogP contribution in [0.4, 0.5) is 0 Å². The molecular formula is C33H52O4. The molecule has 0 bridgehead atoms. The molecule has 0 unspecified atom stereocenters. The first-order valence-corrected chi connectivity index (χ1v) is 15.5. The van der Waals surface area contributed by atoms with Gasteiger partial charge in [-0.15, -0.1) is 0 Å². The van der Waals surface area contributed by atoms with Gasteiger partial charge in [0.25, 0.3) is 0 Å². The molecule has 4 nitrogen and oxygen atoms in total. The summed E-state index contributed by atoms with van der Waals surface area (Å²) in [6.45, 7) is 14.2. The Morgan fingerprint density at radius 3 is 2.00 bits per heavy atom. The Morgan fingerprint density at radius 2 is 1.38 bits per heavy atom. The van der Waals surface area contributed by atoms with E-state index in [0.29, 0.717) is 29.5 Å². The van der Waals surface area contributed by atoms with E-state index in [2.05, 4.69) is 34.6 Å². The van der Waals surface area contributed by atoms with E-state index in [-0.39, 0.29) is 45.1 Å². The molecule has 6 aliphatic carbocycles. The van der Waals surface area contributed by atoms with Gasteiger partial charge in [-0.2, -0.15) is 0 Å². The zero-order chi connectivity index (χ0) is 26.8. The molecule has 0 aromatic rings. The summed E-state index contributed by atoms with van der Waals surface area (Å²) in [5.74, 6) is 2.68. The third kappa shape index (κ3) is 3.01. The molecule has 6 fully saturated rings. The van der Waals surface area contributed by atoms with Gasteiger partial charge in [-0.25, -0.2) is 0 Å². The second-order valence-electron chi connectivity index (χ2n) is 16.1. The normalized spacial score (nSPS) is 53.2. The lowest BCUT2D eigenvalue weighted by atomic mass is 9.32. The van der Waals surface area contributed by atoms with Crippen LogP contribution in [0.3, 0.4) is 0 Å². The Bertz CT molecular complexity index is 996. The number of esters is 1. The Kier molecular flexibility index (Phi) is 5.59. The number of aliphatic hydroxyl groups excluding tert-OH is 1. The molecule has 6 aliphatic rings. The molecular weight excluding hydrogens is 460 g/mol. The molecule has 4 heteroatoms. The summed E-state index contributed by atoms with van der Waals surface area (Å²) in [4.78, 5) is 26.6. The van der Waals surface area contributed by atoms with Crippen LogP contribution in [0.25, 0.3) is 0 Å². The number of carbonyl (C=O) groups excluding carboxylic acids is 2. The predicted molar refractivity (Wildman–Crippen MR) is 145 cm³/mol. The molecule has 0 spiro atoms. The fraction of sp³-hybridized carbons (Fsp3) is 0.939. The number of Topliss-reactive ketones (excluding diaryl/α,β-unsaturated/α-hetero) is 1. The highest BCUT2D eigenvalue weighted by molar-refractivity contribution is 5.86. The summed E-state index contributed by atoms with van der Waals surface area (Å²) >= 11 is 0. The molecule has 6 rings (SSSR count). The topological polar surface area (TPSA) is 63.6 Å². The van der Waals surface area contributed by atoms with Crippen LogP contribution in [0.2, 0.25) is 0 Å². The Labute approximate surface area is 225 Å².